The summed E-state index contributed by atoms with van der Waals surface area (Å²) in [6.45, 7) is 0.540. The Bertz CT molecular complexity index is 1000. The second kappa shape index (κ2) is 6.14. The number of ether oxygens (including phenoxy) is 1. The van der Waals surface area contributed by atoms with Crippen molar-refractivity contribution in [3.8, 4) is 11.5 Å². The third kappa shape index (κ3) is 2.61. The van der Waals surface area contributed by atoms with Gasteiger partial charge in [0.25, 0.3) is 0 Å². The van der Waals surface area contributed by atoms with E-state index in [-0.39, 0.29) is 11.5 Å². The maximum atomic E-state index is 13.2. The van der Waals surface area contributed by atoms with Gasteiger partial charge in [0, 0.05) is 10.8 Å². The van der Waals surface area contributed by atoms with Crippen LogP contribution in [-0.2, 0) is 4.74 Å². The molecule has 7 rings (SSSR count). The Balaban J connectivity index is 1.31. The zero-order valence-electron chi connectivity index (χ0n) is 15.7. The summed E-state index contributed by atoms with van der Waals surface area (Å²) >= 11 is 1.50. The first-order valence-corrected chi connectivity index (χ1v) is 11.2. The summed E-state index contributed by atoms with van der Waals surface area (Å²) < 4.78 is 7.58. The first-order valence-electron chi connectivity index (χ1n) is 10.2. The van der Waals surface area contributed by atoms with Crippen molar-refractivity contribution in [2.24, 2.45) is 23.2 Å². The molecule has 0 atom stereocenters. The molecule has 0 saturated heterocycles. The Morgan fingerprint density at radius 1 is 1.14 bits per heavy atom. The Hall–Kier alpha value is -2.21. The highest BCUT2D eigenvalue weighted by Gasteiger charge is 2.51. The number of carbonyl (C=O) groups is 1. The van der Waals surface area contributed by atoms with E-state index in [1.54, 1.807) is 10.1 Å². The van der Waals surface area contributed by atoms with Crippen molar-refractivity contribution in [3.05, 3.63) is 35.2 Å². The predicted molar refractivity (Wildman–Crippen MR) is 108 cm³/mol. The number of nitrogens with zero attached hydrogens (tertiary/aromatic N) is 3. The minimum atomic E-state index is -0.326. The van der Waals surface area contributed by atoms with Crippen LogP contribution in [0.2, 0.25) is 0 Å². The van der Waals surface area contributed by atoms with E-state index in [9.17, 15) is 4.79 Å². The number of para-hydroxylation sites is 2. The van der Waals surface area contributed by atoms with Gasteiger partial charge in [0.1, 0.15) is 5.69 Å². The van der Waals surface area contributed by atoms with E-state index in [2.05, 4.69) is 9.97 Å². The molecule has 28 heavy (non-hydrogen) atoms. The van der Waals surface area contributed by atoms with Gasteiger partial charge < -0.3 is 4.74 Å². The maximum Gasteiger partial charge on any atom is 0.420 e. The fourth-order valence-electron chi connectivity index (χ4n) is 6.45. The maximum absolute atomic E-state index is 13.2. The number of fused-ring (bicyclic) bond motifs is 1. The van der Waals surface area contributed by atoms with Crippen LogP contribution in [0.1, 0.15) is 38.5 Å². The average molecular weight is 394 g/mol. The molecule has 4 bridgehead atoms. The van der Waals surface area contributed by atoms with Crippen LogP contribution in [0, 0.1) is 23.2 Å². The lowest BCUT2D eigenvalue weighted by molar-refractivity contribution is -0.0818. The molecule has 0 radical (unpaired) electrons. The molecule has 2 heterocycles. The summed E-state index contributed by atoms with van der Waals surface area (Å²) in [4.78, 5) is 22.2. The number of thiazole rings is 1. The standard InChI is InChI=1S/C22H23N3O2S/c26-21(27-12-22-8-14-5-15(9-22)7-16(6-14)10-22)25-19-4-2-1-3-17(19)24-20(25)18-11-28-13-23-18/h1-4,11,13-16H,5-10,12H2. The Morgan fingerprint density at radius 2 is 1.86 bits per heavy atom. The molecule has 6 heteroatoms. The van der Waals surface area contributed by atoms with Crippen LogP contribution < -0.4 is 0 Å². The quantitative estimate of drug-likeness (QED) is 0.601. The number of carbonyl (C=O) groups excluding carboxylic acids is 1. The fourth-order valence-corrected chi connectivity index (χ4v) is 6.98. The smallest absolute Gasteiger partial charge is 0.420 e. The van der Waals surface area contributed by atoms with E-state index < -0.39 is 0 Å². The molecule has 4 saturated carbocycles. The molecule has 0 spiro atoms. The summed E-state index contributed by atoms with van der Waals surface area (Å²) in [5, 5.41) is 1.92. The van der Waals surface area contributed by atoms with Crippen molar-refractivity contribution in [2.45, 2.75) is 38.5 Å². The monoisotopic (exact) mass is 393 g/mol. The van der Waals surface area contributed by atoms with Gasteiger partial charge in [-0.2, -0.15) is 0 Å². The fraction of sp³-hybridized carbons (Fsp3) is 0.500. The van der Waals surface area contributed by atoms with Crippen LogP contribution in [0.5, 0.6) is 0 Å². The summed E-state index contributed by atoms with van der Waals surface area (Å²) in [7, 11) is 0. The summed E-state index contributed by atoms with van der Waals surface area (Å²) in [5.41, 5.74) is 4.26. The molecule has 144 valence electrons. The topological polar surface area (TPSA) is 57.0 Å². The average Bonchev–Trinajstić information content (AvgIpc) is 3.32. The van der Waals surface area contributed by atoms with E-state index in [1.165, 1.54) is 49.9 Å². The predicted octanol–water partition coefficient (Wildman–Crippen LogP) is 5.36. The molecule has 3 aromatic rings. The first-order chi connectivity index (χ1) is 13.7. The molecule has 0 amide bonds. The number of hydrogen-bond acceptors (Lipinski definition) is 5. The molecule has 0 N–H and O–H groups in total. The number of imidazole rings is 1. The molecule has 4 aliphatic rings. The minimum absolute atomic E-state index is 0.210. The van der Waals surface area contributed by atoms with E-state index in [0.29, 0.717) is 18.1 Å². The van der Waals surface area contributed by atoms with Crippen LogP contribution in [-0.4, -0.2) is 27.2 Å². The van der Waals surface area contributed by atoms with Crippen molar-refractivity contribution in [1.82, 2.24) is 14.5 Å². The Morgan fingerprint density at radius 3 is 2.54 bits per heavy atom. The van der Waals surface area contributed by atoms with Gasteiger partial charge in [0.2, 0.25) is 0 Å². The molecule has 4 fully saturated rings. The number of benzene rings is 1. The summed E-state index contributed by atoms with van der Waals surface area (Å²) in [6, 6.07) is 7.71. The third-order valence-corrected chi connectivity index (χ3v) is 7.66. The van der Waals surface area contributed by atoms with Gasteiger partial charge in [0.15, 0.2) is 5.82 Å². The molecule has 4 aliphatic carbocycles. The highest BCUT2D eigenvalue weighted by Crippen LogP contribution is 2.60. The van der Waals surface area contributed by atoms with Gasteiger partial charge >= 0.3 is 6.09 Å². The number of hydrogen-bond donors (Lipinski definition) is 0. The molecule has 1 aromatic carbocycles. The SMILES string of the molecule is O=C(OCC12CC3CC(CC(C3)C1)C2)n1c(-c2cscn2)nc2ccccc21. The minimum Gasteiger partial charge on any atom is -0.448 e. The highest BCUT2D eigenvalue weighted by atomic mass is 32.1. The summed E-state index contributed by atoms with van der Waals surface area (Å²) in [6.07, 6.45) is 7.56. The van der Waals surface area contributed by atoms with Crippen LogP contribution in [0.4, 0.5) is 4.79 Å². The lowest BCUT2D eigenvalue weighted by atomic mass is 9.50. The van der Waals surface area contributed by atoms with Gasteiger partial charge in [-0.15, -0.1) is 11.3 Å². The summed E-state index contributed by atoms with van der Waals surface area (Å²) in [5.74, 6) is 3.12. The van der Waals surface area contributed by atoms with Crippen LogP contribution in [0.3, 0.4) is 0 Å². The lowest BCUT2D eigenvalue weighted by Crippen LogP contribution is -2.48. The van der Waals surface area contributed by atoms with Gasteiger partial charge in [-0.05, 0) is 68.4 Å². The molecular weight excluding hydrogens is 370 g/mol. The second-order valence-corrected chi connectivity index (χ2v) is 9.82. The van der Waals surface area contributed by atoms with Crippen molar-refractivity contribution >= 4 is 28.5 Å². The molecule has 0 unspecified atom stereocenters. The van der Waals surface area contributed by atoms with Crippen molar-refractivity contribution in [2.75, 3.05) is 6.61 Å². The zero-order valence-corrected chi connectivity index (χ0v) is 16.5. The Kier molecular flexibility index (Phi) is 3.67. The van der Waals surface area contributed by atoms with E-state index in [0.717, 1.165) is 28.8 Å². The molecule has 5 nitrogen and oxygen atoms in total. The van der Waals surface area contributed by atoms with Crippen molar-refractivity contribution < 1.29 is 9.53 Å². The molecule has 2 aromatic heterocycles. The van der Waals surface area contributed by atoms with Crippen molar-refractivity contribution in [3.63, 3.8) is 0 Å². The van der Waals surface area contributed by atoms with Crippen LogP contribution >= 0.6 is 11.3 Å². The number of aromatic nitrogens is 3. The van der Waals surface area contributed by atoms with Gasteiger partial charge in [-0.25, -0.2) is 19.3 Å². The zero-order chi connectivity index (χ0) is 18.7. The third-order valence-electron chi connectivity index (χ3n) is 7.07. The van der Waals surface area contributed by atoms with Gasteiger partial charge in [-0.1, -0.05) is 12.1 Å². The second-order valence-electron chi connectivity index (χ2n) is 9.11. The first kappa shape index (κ1) is 16.7. The van der Waals surface area contributed by atoms with E-state index >= 15 is 0 Å². The van der Waals surface area contributed by atoms with E-state index in [4.69, 9.17) is 4.74 Å². The largest absolute Gasteiger partial charge is 0.448 e. The van der Waals surface area contributed by atoms with Crippen LogP contribution in [0.15, 0.2) is 35.2 Å². The van der Waals surface area contributed by atoms with Crippen LogP contribution in [0.25, 0.3) is 22.6 Å². The normalized spacial score (nSPS) is 30.8. The van der Waals surface area contributed by atoms with Gasteiger partial charge in [0.05, 0.1) is 23.2 Å². The lowest BCUT2D eigenvalue weighted by Gasteiger charge is -2.56. The van der Waals surface area contributed by atoms with E-state index in [1.807, 2.05) is 29.6 Å². The Labute approximate surface area is 167 Å². The molecule has 0 aliphatic heterocycles. The molecular formula is C22H23N3O2S. The van der Waals surface area contributed by atoms with Gasteiger partial charge in [-0.3, -0.25) is 0 Å². The van der Waals surface area contributed by atoms with Crippen molar-refractivity contribution in [1.29, 1.82) is 0 Å². The number of rotatable bonds is 3. The highest BCUT2D eigenvalue weighted by molar-refractivity contribution is 7.07.